The molecule has 0 radical (unpaired) electrons. The maximum absolute atomic E-state index is 12.7. The summed E-state index contributed by atoms with van der Waals surface area (Å²) >= 11 is 0. The van der Waals surface area contributed by atoms with Crippen molar-refractivity contribution in [2.75, 3.05) is 46.0 Å². The Hall–Kier alpha value is -2.24. The van der Waals surface area contributed by atoms with Crippen molar-refractivity contribution in [3.63, 3.8) is 0 Å². The minimum Gasteiger partial charge on any atom is -0.442 e. The number of rotatable bonds is 9. The van der Waals surface area contributed by atoms with Crippen LogP contribution in [-0.4, -0.2) is 110 Å². The Morgan fingerprint density at radius 2 is 1.71 bits per heavy atom. The Morgan fingerprint density at radius 1 is 1.02 bits per heavy atom. The lowest BCUT2D eigenvalue weighted by Crippen LogP contribution is -2.52. The van der Waals surface area contributed by atoms with Gasteiger partial charge in [0, 0.05) is 57.6 Å². The summed E-state index contributed by atoms with van der Waals surface area (Å²) in [7, 11) is 0. The first-order chi connectivity index (χ1) is 21.6. The van der Waals surface area contributed by atoms with Gasteiger partial charge in [0.15, 0.2) is 6.29 Å². The van der Waals surface area contributed by atoms with Crippen molar-refractivity contribution in [1.29, 1.82) is 0 Å². The Labute approximate surface area is 269 Å². The van der Waals surface area contributed by atoms with Gasteiger partial charge in [0.25, 0.3) is 0 Å². The van der Waals surface area contributed by atoms with Gasteiger partial charge in [0.1, 0.15) is 6.10 Å². The van der Waals surface area contributed by atoms with E-state index in [-0.39, 0.29) is 41.6 Å². The molecule has 0 aromatic heterocycles. The SMILES string of the molecule is CC(/C=C/[C@@H]1C[C@]2(CO2)CC(C)(C)O1)=C\C[C@H]1OC[C@@H](NC(=O)/C=C\[C@H](C)OC(=O)N2CCN(C3CCCCCC3)CC2)CO1. The van der Waals surface area contributed by atoms with Crippen LogP contribution in [0, 0.1) is 0 Å². The number of amides is 2. The smallest absolute Gasteiger partial charge is 0.410 e. The topological polar surface area (TPSA) is 102 Å². The standard InChI is InChI=1S/C35H55N3O7/c1-26(11-14-30-21-35(25-43-35)24-34(3,4)45-30)12-16-32-41-22-28(23-42-32)36-31(39)15-13-27(2)44-33(40)38-19-17-37(18-20-38)29-9-7-5-6-8-10-29/h11-15,27-30,32H,5-10,16-25H2,1-4H3,(H,36,39)/b14-11+,15-13-,26-12+/t27-,28-,30+,32+,35+/m0/s1. The maximum Gasteiger partial charge on any atom is 0.410 e. The highest BCUT2D eigenvalue weighted by molar-refractivity contribution is 5.87. The van der Waals surface area contributed by atoms with Crippen LogP contribution < -0.4 is 5.32 Å². The number of piperazine rings is 1. The average molecular weight is 630 g/mol. The van der Waals surface area contributed by atoms with Crippen LogP contribution in [0.4, 0.5) is 4.79 Å². The molecule has 4 aliphatic heterocycles. The summed E-state index contributed by atoms with van der Waals surface area (Å²) in [5.74, 6) is -0.266. The van der Waals surface area contributed by atoms with Crippen LogP contribution in [0.25, 0.3) is 0 Å². The van der Waals surface area contributed by atoms with E-state index in [0.717, 1.165) is 38.1 Å². The van der Waals surface area contributed by atoms with Crippen LogP contribution in [0.15, 0.2) is 36.0 Å². The first kappa shape index (κ1) is 34.1. The van der Waals surface area contributed by atoms with Gasteiger partial charge in [-0.3, -0.25) is 9.69 Å². The number of nitrogens with one attached hydrogen (secondary N) is 1. The second kappa shape index (κ2) is 15.6. The quantitative estimate of drug-likeness (QED) is 0.167. The third-order valence-corrected chi connectivity index (χ3v) is 9.58. The van der Waals surface area contributed by atoms with Gasteiger partial charge >= 0.3 is 6.09 Å². The molecule has 4 heterocycles. The van der Waals surface area contributed by atoms with Gasteiger partial charge in [-0.05, 0) is 46.6 Å². The van der Waals surface area contributed by atoms with Crippen molar-refractivity contribution in [3.05, 3.63) is 36.0 Å². The number of nitrogens with zero attached hydrogens (tertiary/aromatic N) is 2. The molecule has 1 saturated carbocycles. The Bertz CT molecular complexity index is 1070. The molecule has 2 amide bonds. The summed E-state index contributed by atoms with van der Waals surface area (Å²) in [5.41, 5.74) is 0.947. The third-order valence-electron chi connectivity index (χ3n) is 9.58. The molecular weight excluding hydrogens is 574 g/mol. The second-order valence-electron chi connectivity index (χ2n) is 14.2. The highest BCUT2D eigenvalue weighted by Crippen LogP contribution is 2.46. The van der Waals surface area contributed by atoms with E-state index in [9.17, 15) is 9.59 Å². The van der Waals surface area contributed by atoms with E-state index < -0.39 is 6.10 Å². The highest BCUT2D eigenvalue weighted by atomic mass is 16.7. The van der Waals surface area contributed by atoms with Crippen molar-refractivity contribution >= 4 is 12.0 Å². The molecule has 0 aromatic rings. The molecule has 1 aliphatic carbocycles. The molecule has 5 fully saturated rings. The first-order valence-corrected chi connectivity index (χ1v) is 17.2. The molecule has 3 atom stereocenters. The van der Waals surface area contributed by atoms with Gasteiger partial charge in [0.05, 0.1) is 43.2 Å². The maximum atomic E-state index is 12.7. The van der Waals surface area contributed by atoms with Crippen LogP contribution in [0.2, 0.25) is 0 Å². The van der Waals surface area contributed by atoms with Crippen molar-refractivity contribution in [1.82, 2.24) is 15.1 Å². The van der Waals surface area contributed by atoms with E-state index in [4.69, 9.17) is 23.7 Å². The van der Waals surface area contributed by atoms with Crippen molar-refractivity contribution < 1.29 is 33.3 Å². The summed E-state index contributed by atoms with van der Waals surface area (Å²) in [4.78, 5) is 29.5. The predicted molar refractivity (Wildman–Crippen MR) is 172 cm³/mol. The zero-order valence-corrected chi connectivity index (χ0v) is 27.8. The minimum atomic E-state index is -0.505. The molecule has 0 aromatic carbocycles. The largest absolute Gasteiger partial charge is 0.442 e. The summed E-state index contributed by atoms with van der Waals surface area (Å²) in [5, 5.41) is 2.91. The molecule has 5 rings (SSSR count). The molecule has 1 spiro atoms. The molecular formula is C35H55N3O7. The van der Waals surface area contributed by atoms with Crippen LogP contribution in [0.1, 0.15) is 85.5 Å². The van der Waals surface area contributed by atoms with Crippen molar-refractivity contribution in [3.8, 4) is 0 Å². The molecule has 4 saturated heterocycles. The minimum absolute atomic E-state index is 0.00841. The molecule has 45 heavy (non-hydrogen) atoms. The molecule has 10 heteroatoms. The summed E-state index contributed by atoms with van der Waals surface area (Å²) in [6.07, 6.45) is 18.6. The predicted octanol–water partition coefficient (Wildman–Crippen LogP) is 4.89. The number of allylic oxidation sites excluding steroid dienone is 2. The Morgan fingerprint density at radius 3 is 2.38 bits per heavy atom. The van der Waals surface area contributed by atoms with Gasteiger partial charge < -0.3 is 33.9 Å². The van der Waals surface area contributed by atoms with E-state index in [2.05, 4.69) is 49.2 Å². The van der Waals surface area contributed by atoms with Gasteiger partial charge in [-0.2, -0.15) is 0 Å². The Balaban J connectivity index is 0.948. The van der Waals surface area contributed by atoms with Gasteiger partial charge in [-0.25, -0.2) is 4.79 Å². The van der Waals surface area contributed by atoms with Gasteiger partial charge in [-0.1, -0.05) is 49.5 Å². The molecule has 1 N–H and O–H groups in total. The summed E-state index contributed by atoms with van der Waals surface area (Å²) in [6.45, 7) is 12.8. The van der Waals surface area contributed by atoms with Crippen molar-refractivity contribution in [2.24, 2.45) is 0 Å². The highest BCUT2D eigenvalue weighted by Gasteiger charge is 2.53. The van der Waals surface area contributed by atoms with Crippen LogP contribution in [0.5, 0.6) is 0 Å². The number of ether oxygens (including phenoxy) is 5. The van der Waals surface area contributed by atoms with Crippen LogP contribution in [0.3, 0.4) is 0 Å². The average Bonchev–Trinajstić information content (AvgIpc) is 3.80. The lowest BCUT2D eigenvalue weighted by atomic mass is 9.85. The van der Waals surface area contributed by atoms with E-state index in [0.29, 0.717) is 38.8 Å². The number of hydrogen-bond acceptors (Lipinski definition) is 8. The monoisotopic (exact) mass is 629 g/mol. The van der Waals surface area contributed by atoms with Crippen LogP contribution in [-0.2, 0) is 28.5 Å². The molecule has 252 valence electrons. The van der Waals surface area contributed by atoms with E-state index in [1.54, 1.807) is 17.9 Å². The normalized spacial score (nSPS) is 32.5. The van der Waals surface area contributed by atoms with Crippen LogP contribution >= 0.6 is 0 Å². The fourth-order valence-electron chi connectivity index (χ4n) is 7.15. The second-order valence-corrected chi connectivity index (χ2v) is 14.2. The van der Waals surface area contributed by atoms with E-state index >= 15 is 0 Å². The molecule has 10 nitrogen and oxygen atoms in total. The molecule has 0 bridgehead atoms. The lowest BCUT2D eigenvalue weighted by Gasteiger charge is -2.38. The Kier molecular flexibility index (Phi) is 11.8. The van der Waals surface area contributed by atoms with Gasteiger partial charge in [-0.15, -0.1) is 0 Å². The number of hydrogen-bond donors (Lipinski definition) is 1. The zero-order chi connectivity index (χ0) is 31.9. The number of carbonyl (C=O) groups is 2. The summed E-state index contributed by atoms with van der Waals surface area (Å²) < 4.78 is 29.3. The third kappa shape index (κ3) is 10.6. The molecule has 0 unspecified atom stereocenters. The van der Waals surface area contributed by atoms with E-state index in [1.165, 1.54) is 44.6 Å². The van der Waals surface area contributed by atoms with E-state index in [1.807, 2.05) is 0 Å². The fraction of sp³-hybridized carbons (Fsp3) is 0.771. The molecule has 5 aliphatic rings. The lowest BCUT2D eigenvalue weighted by molar-refractivity contribution is -0.187. The van der Waals surface area contributed by atoms with Gasteiger partial charge in [0.2, 0.25) is 5.91 Å². The van der Waals surface area contributed by atoms with Crippen molar-refractivity contribution in [2.45, 2.75) is 127 Å². The fourth-order valence-corrected chi connectivity index (χ4v) is 7.15. The number of carbonyl (C=O) groups excluding carboxylic acids is 2. The first-order valence-electron chi connectivity index (χ1n) is 17.2. The summed E-state index contributed by atoms with van der Waals surface area (Å²) in [6, 6.07) is 0.418. The zero-order valence-electron chi connectivity index (χ0n) is 27.8. The number of epoxide rings is 1.